The van der Waals surface area contributed by atoms with E-state index in [1.807, 2.05) is 38.1 Å². The Morgan fingerprint density at radius 1 is 1.33 bits per heavy atom. The third-order valence-corrected chi connectivity index (χ3v) is 4.74. The molecule has 0 spiro atoms. The number of rotatable bonds is 4. The summed E-state index contributed by atoms with van der Waals surface area (Å²) in [6.07, 6.45) is 5.13. The molecule has 126 valence electrons. The van der Waals surface area contributed by atoms with Gasteiger partial charge < -0.3 is 10.3 Å². The molecule has 3 rings (SSSR count). The first-order valence-corrected chi connectivity index (χ1v) is 8.72. The molecule has 1 aromatic heterocycles. The quantitative estimate of drug-likeness (QED) is 0.795. The number of halogens is 2. The third-order valence-electron chi connectivity index (χ3n) is 4.09. The number of alkyl halides is 1. The van der Waals surface area contributed by atoms with Crippen LogP contribution in [0.15, 0.2) is 47.5 Å². The Morgan fingerprint density at radius 2 is 2.08 bits per heavy atom. The van der Waals surface area contributed by atoms with E-state index in [1.54, 1.807) is 18.2 Å². The largest absolute Gasteiger partial charge is 0.345 e. The molecule has 0 aliphatic heterocycles. The Balaban J connectivity index is 1.82. The molecule has 1 aromatic carbocycles. The molecule has 24 heavy (non-hydrogen) atoms. The average Bonchev–Trinajstić information content (AvgIpc) is 2.95. The second kappa shape index (κ2) is 6.99. The van der Waals surface area contributed by atoms with E-state index < -0.39 is 11.3 Å². The van der Waals surface area contributed by atoms with Crippen molar-refractivity contribution in [1.29, 1.82) is 0 Å². The summed E-state index contributed by atoms with van der Waals surface area (Å²) in [5, 5.41) is 3.17. The molecular formula is C18H19Cl2N3O. The lowest BCUT2D eigenvalue weighted by atomic mass is 9.97. The summed E-state index contributed by atoms with van der Waals surface area (Å²) in [6.45, 7) is 4.09. The molecule has 1 aliphatic rings. The Bertz CT molecular complexity index is 776. The maximum atomic E-state index is 12.7. The van der Waals surface area contributed by atoms with Gasteiger partial charge in [0.05, 0.1) is 28.4 Å². The topological polar surface area (TPSA) is 57.8 Å². The highest BCUT2D eigenvalue weighted by Crippen LogP contribution is 2.27. The van der Waals surface area contributed by atoms with Crippen LogP contribution in [0, 0.1) is 11.8 Å². The Hall–Kier alpha value is -1.78. The maximum Gasteiger partial charge on any atom is 0.229 e. The van der Waals surface area contributed by atoms with Crippen molar-refractivity contribution in [3.8, 4) is 0 Å². The number of carbonyl (C=O) groups excluding carboxylic acids is 1. The van der Waals surface area contributed by atoms with Gasteiger partial charge in [0, 0.05) is 5.03 Å². The standard InChI is InChI=1S/C18H19Cl2N3O/c1-10(2)16(17-21-14-5-3-4-6-15(14)22-17)23-18(24)12-8-7-11(19)9-13(12)20/h3-10,12-13,16H,1-2H3,(H,21,22)(H,23,24)/t12-,13+,16+/m0/s1. The van der Waals surface area contributed by atoms with Gasteiger partial charge in [-0.1, -0.05) is 43.7 Å². The molecule has 0 saturated heterocycles. The molecule has 0 fully saturated rings. The van der Waals surface area contributed by atoms with Gasteiger partial charge in [-0.3, -0.25) is 4.79 Å². The van der Waals surface area contributed by atoms with E-state index in [4.69, 9.17) is 23.2 Å². The van der Waals surface area contributed by atoms with Crippen LogP contribution in [0.4, 0.5) is 0 Å². The first kappa shape index (κ1) is 17.1. The van der Waals surface area contributed by atoms with Crippen LogP contribution in [-0.4, -0.2) is 21.3 Å². The SMILES string of the molecule is CC(C)[C@@H](NC(=O)[C@H]1C=CC(Cl)=C[C@H]1Cl)c1nc2ccccc2[nH]1. The molecule has 4 nitrogen and oxygen atoms in total. The zero-order valence-electron chi connectivity index (χ0n) is 13.5. The lowest BCUT2D eigenvalue weighted by molar-refractivity contribution is -0.124. The van der Waals surface area contributed by atoms with Crippen molar-refractivity contribution in [2.75, 3.05) is 0 Å². The number of H-pyrrole nitrogens is 1. The van der Waals surface area contributed by atoms with Gasteiger partial charge in [-0.25, -0.2) is 4.98 Å². The Kier molecular flexibility index (Phi) is 4.97. The fourth-order valence-corrected chi connectivity index (χ4v) is 3.37. The molecule has 3 atom stereocenters. The predicted octanol–water partition coefficient (Wildman–Crippen LogP) is 4.29. The molecule has 0 unspecified atom stereocenters. The van der Waals surface area contributed by atoms with Crippen molar-refractivity contribution in [2.24, 2.45) is 11.8 Å². The summed E-state index contributed by atoms with van der Waals surface area (Å²) < 4.78 is 0. The average molecular weight is 364 g/mol. The number of imidazole rings is 1. The maximum absolute atomic E-state index is 12.7. The lowest BCUT2D eigenvalue weighted by Gasteiger charge is -2.25. The molecule has 2 N–H and O–H groups in total. The van der Waals surface area contributed by atoms with E-state index in [-0.39, 0.29) is 17.9 Å². The number of nitrogens with zero attached hydrogens (tertiary/aromatic N) is 1. The summed E-state index contributed by atoms with van der Waals surface area (Å²) in [5.41, 5.74) is 1.84. The van der Waals surface area contributed by atoms with E-state index >= 15 is 0 Å². The minimum absolute atomic E-state index is 0.133. The smallest absolute Gasteiger partial charge is 0.229 e. The highest BCUT2D eigenvalue weighted by Gasteiger charge is 2.29. The fraction of sp³-hybridized carbons (Fsp3) is 0.333. The number of para-hydroxylation sites is 2. The van der Waals surface area contributed by atoms with Gasteiger partial charge in [-0.05, 0) is 30.2 Å². The zero-order chi connectivity index (χ0) is 17.3. The van der Waals surface area contributed by atoms with Crippen LogP contribution >= 0.6 is 23.2 Å². The van der Waals surface area contributed by atoms with Crippen LogP contribution in [0.5, 0.6) is 0 Å². The van der Waals surface area contributed by atoms with Gasteiger partial charge in [0.25, 0.3) is 0 Å². The van der Waals surface area contributed by atoms with E-state index in [1.165, 1.54) is 0 Å². The molecule has 2 aromatic rings. The van der Waals surface area contributed by atoms with Crippen molar-refractivity contribution in [3.63, 3.8) is 0 Å². The number of hydrogen-bond donors (Lipinski definition) is 2. The van der Waals surface area contributed by atoms with Crippen molar-refractivity contribution in [1.82, 2.24) is 15.3 Å². The van der Waals surface area contributed by atoms with Gasteiger partial charge in [0.2, 0.25) is 5.91 Å². The Labute approximate surface area is 150 Å². The summed E-state index contributed by atoms with van der Waals surface area (Å²) in [4.78, 5) is 20.6. The van der Waals surface area contributed by atoms with Gasteiger partial charge in [-0.15, -0.1) is 11.6 Å². The van der Waals surface area contributed by atoms with Crippen LogP contribution < -0.4 is 5.32 Å². The fourth-order valence-electron chi connectivity index (χ4n) is 2.77. The summed E-state index contributed by atoms with van der Waals surface area (Å²) in [5.74, 6) is 0.347. The number of aromatic amines is 1. The number of hydrogen-bond acceptors (Lipinski definition) is 2. The number of carbonyl (C=O) groups is 1. The first-order chi connectivity index (χ1) is 11.5. The number of nitrogens with one attached hydrogen (secondary N) is 2. The molecule has 1 heterocycles. The first-order valence-electron chi connectivity index (χ1n) is 7.90. The van der Waals surface area contributed by atoms with Crippen molar-refractivity contribution in [2.45, 2.75) is 25.3 Å². The van der Waals surface area contributed by atoms with E-state index in [0.717, 1.165) is 16.9 Å². The second-order valence-electron chi connectivity index (χ2n) is 6.25. The molecule has 0 bridgehead atoms. The van der Waals surface area contributed by atoms with Crippen LogP contribution in [0.3, 0.4) is 0 Å². The minimum Gasteiger partial charge on any atom is -0.345 e. The van der Waals surface area contributed by atoms with Gasteiger partial charge in [0.1, 0.15) is 5.82 Å². The zero-order valence-corrected chi connectivity index (χ0v) is 15.0. The van der Waals surface area contributed by atoms with Crippen molar-refractivity contribution >= 4 is 40.1 Å². The second-order valence-corrected chi connectivity index (χ2v) is 7.19. The highest BCUT2D eigenvalue weighted by atomic mass is 35.5. The monoisotopic (exact) mass is 363 g/mol. The number of aromatic nitrogens is 2. The van der Waals surface area contributed by atoms with Gasteiger partial charge >= 0.3 is 0 Å². The molecule has 6 heteroatoms. The van der Waals surface area contributed by atoms with E-state index in [2.05, 4.69) is 15.3 Å². The lowest BCUT2D eigenvalue weighted by Crippen LogP contribution is -2.39. The summed E-state index contributed by atoms with van der Waals surface area (Å²) >= 11 is 12.2. The van der Waals surface area contributed by atoms with Crippen LogP contribution in [0.2, 0.25) is 0 Å². The number of allylic oxidation sites excluding steroid dienone is 3. The van der Waals surface area contributed by atoms with E-state index in [9.17, 15) is 4.79 Å². The van der Waals surface area contributed by atoms with Gasteiger partial charge in [0.15, 0.2) is 0 Å². The minimum atomic E-state index is -0.453. The number of fused-ring (bicyclic) bond motifs is 1. The van der Waals surface area contributed by atoms with Crippen LogP contribution in [0.1, 0.15) is 25.7 Å². The third kappa shape index (κ3) is 3.50. The number of benzene rings is 1. The van der Waals surface area contributed by atoms with Crippen LogP contribution in [0.25, 0.3) is 11.0 Å². The van der Waals surface area contributed by atoms with Crippen LogP contribution in [-0.2, 0) is 4.79 Å². The predicted molar refractivity (Wildman–Crippen MR) is 98.0 cm³/mol. The van der Waals surface area contributed by atoms with Gasteiger partial charge in [-0.2, -0.15) is 0 Å². The summed E-state index contributed by atoms with van der Waals surface area (Å²) in [7, 11) is 0. The molecule has 1 aliphatic carbocycles. The van der Waals surface area contributed by atoms with Crippen molar-refractivity contribution < 1.29 is 4.79 Å². The normalized spacial score (nSPS) is 21.8. The van der Waals surface area contributed by atoms with Crippen molar-refractivity contribution in [3.05, 3.63) is 53.4 Å². The molecule has 0 saturated carbocycles. The molecular weight excluding hydrogens is 345 g/mol. The molecule has 1 amide bonds. The highest BCUT2D eigenvalue weighted by molar-refractivity contribution is 6.33. The Morgan fingerprint density at radius 3 is 2.75 bits per heavy atom. The molecule has 0 radical (unpaired) electrons. The summed E-state index contributed by atoms with van der Waals surface area (Å²) in [6, 6.07) is 7.59. The van der Waals surface area contributed by atoms with E-state index in [0.29, 0.717) is 5.03 Å². The number of amides is 1.